The Labute approximate surface area is 103 Å². The third-order valence-corrected chi connectivity index (χ3v) is 2.85. The van der Waals surface area contributed by atoms with E-state index in [2.05, 4.69) is 15.9 Å². The Balaban J connectivity index is 3.33. The molecule has 1 rings (SSSR count). The van der Waals surface area contributed by atoms with Gasteiger partial charge in [-0.1, -0.05) is 19.4 Å². The highest BCUT2D eigenvalue weighted by Gasteiger charge is 2.13. The summed E-state index contributed by atoms with van der Waals surface area (Å²) in [4.78, 5) is 0. The lowest BCUT2D eigenvalue weighted by atomic mass is 10.0. The summed E-state index contributed by atoms with van der Waals surface area (Å²) in [6.45, 7) is 1.95. The van der Waals surface area contributed by atoms with E-state index in [1.54, 1.807) is 12.1 Å². The number of allylic oxidation sites excluding steroid dienone is 1. The molecule has 0 bridgehead atoms. The van der Waals surface area contributed by atoms with Crippen molar-refractivity contribution in [2.75, 3.05) is 0 Å². The zero-order valence-electron chi connectivity index (χ0n) is 8.93. The molecule has 1 aromatic carbocycles. The maximum atomic E-state index is 13.6. The second-order valence-electron chi connectivity index (χ2n) is 3.35. The Kier molecular flexibility index (Phi) is 4.51. The summed E-state index contributed by atoms with van der Waals surface area (Å²) in [5, 5.41) is 8.95. The van der Waals surface area contributed by atoms with E-state index >= 15 is 0 Å². The zero-order chi connectivity index (χ0) is 12.1. The minimum atomic E-state index is -0.421. The molecule has 84 valence electrons. The molecule has 0 radical (unpaired) electrons. The van der Waals surface area contributed by atoms with Crippen molar-refractivity contribution in [3.8, 4) is 6.07 Å². The van der Waals surface area contributed by atoms with Crippen LogP contribution in [0.3, 0.4) is 0 Å². The first-order chi connectivity index (χ1) is 7.61. The maximum absolute atomic E-state index is 13.6. The number of hydrogen-bond acceptors (Lipinski definition) is 2. The second-order valence-corrected chi connectivity index (χ2v) is 4.21. The van der Waals surface area contributed by atoms with Gasteiger partial charge in [-0.2, -0.15) is 5.26 Å². The molecule has 1 aromatic rings. The number of benzene rings is 1. The van der Waals surface area contributed by atoms with E-state index < -0.39 is 5.82 Å². The summed E-state index contributed by atoms with van der Waals surface area (Å²) in [7, 11) is 0. The number of halogens is 2. The first-order valence-corrected chi connectivity index (χ1v) is 5.74. The van der Waals surface area contributed by atoms with Crippen LogP contribution < -0.4 is 5.73 Å². The fourth-order valence-corrected chi connectivity index (χ4v) is 1.96. The second kappa shape index (κ2) is 5.66. The number of hydrogen-bond donors (Lipinski definition) is 1. The van der Waals surface area contributed by atoms with Gasteiger partial charge in [0, 0.05) is 10.0 Å². The Morgan fingerprint density at radius 3 is 2.75 bits per heavy atom. The molecular formula is C12H12BrFN2. The fraction of sp³-hybridized carbons (Fsp3) is 0.250. The summed E-state index contributed by atoms with van der Waals surface area (Å²) in [5.74, 6) is -0.421. The molecule has 0 aliphatic carbocycles. The van der Waals surface area contributed by atoms with Gasteiger partial charge in [0.15, 0.2) is 0 Å². The number of nitrogens with zero attached hydrogens (tertiary/aromatic N) is 1. The van der Waals surface area contributed by atoms with E-state index in [0.29, 0.717) is 16.5 Å². The highest BCUT2D eigenvalue weighted by atomic mass is 79.9. The highest BCUT2D eigenvalue weighted by molar-refractivity contribution is 9.10. The highest BCUT2D eigenvalue weighted by Crippen LogP contribution is 2.27. The lowest BCUT2D eigenvalue weighted by Crippen LogP contribution is -2.04. The molecule has 0 aromatic heterocycles. The van der Waals surface area contributed by atoms with Crippen LogP contribution in [0.1, 0.15) is 25.3 Å². The normalized spacial score (nSPS) is 11.9. The van der Waals surface area contributed by atoms with E-state index in [1.807, 2.05) is 13.0 Å². The number of rotatable bonds is 3. The molecule has 0 fully saturated rings. The maximum Gasteiger partial charge on any atom is 0.133 e. The Morgan fingerprint density at radius 1 is 1.56 bits per heavy atom. The molecule has 0 atom stereocenters. The molecule has 2 nitrogen and oxygen atoms in total. The van der Waals surface area contributed by atoms with Crippen LogP contribution in [0.15, 0.2) is 28.2 Å². The van der Waals surface area contributed by atoms with Crippen LogP contribution >= 0.6 is 15.9 Å². The average Bonchev–Trinajstić information content (AvgIpc) is 2.25. The lowest BCUT2D eigenvalue weighted by molar-refractivity contribution is 0.622. The predicted molar refractivity (Wildman–Crippen MR) is 65.7 cm³/mol. The average molecular weight is 283 g/mol. The van der Waals surface area contributed by atoms with Crippen molar-refractivity contribution < 1.29 is 4.39 Å². The van der Waals surface area contributed by atoms with Gasteiger partial charge in [-0.15, -0.1) is 0 Å². The summed E-state index contributed by atoms with van der Waals surface area (Å²) in [6.07, 6.45) is 1.36. The smallest absolute Gasteiger partial charge is 0.133 e. The van der Waals surface area contributed by atoms with Gasteiger partial charge < -0.3 is 5.73 Å². The number of nitriles is 1. The Morgan fingerprint density at radius 2 is 2.25 bits per heavy atom. The molecule has 4 heteroatoms. The largest absolute Gasteiger partial charge is 0.397 e. The van der Waals surface area contributed by atoms with E-state index in [4.69, 9.17) is 11.0 Å². The molecule has 0 heterocycles. The fourth-order valence-electron chi connectivity index (χ4n) is 1.41. The van der Waals surface area contributed by atoms with Gasteiger partial charge in [0.25, 0.3) is 0 Å². The van der Waals surface area contributed by atoms with Crippen LogP contribution in [0.25, 0.3) is 5.70 Å². The standard InChI is InChI=1S/C12H12BrFN2/c1-2-4-8(7-15)12(16)11-9(13)5-3-6-10(11)14/h3,5-6H,2,4,16H2,1H3/b12-8-. The van der Waals surface area contributed by atoms with Crippen LogP contribution in [-0.4, -0.2) is 0 Å². The van der Waals surface area contributed by atoms with Crippen molar-refractivity contribution in [1.29, 1.82) is 5.26 Å². The topological polar surface area (TPSA) is 49.8 Å². The van der Waals surface area contributed by atoms with Gasteiger partial charge in [-0.05, 0) is 34.5 Å². The Hall–Kier alpha value is -1.34. The third-order valence-electron chi connectivity index (χ3n) is 2.19. The summed E-state index contributed by atoms with van der Waals surface area (Å²) in [5.41, 5.74) is 6.74. The van der Waals surface area contributed by atoms with Gasteiger partial charge >= 0.3 is 0 Å². The van der Waals surface area contributed by atoms with Crippen LogP contribution in [-0.2, 0) is 0 Å². The molecule has 0 unspecified atom stereocenters. The zero-order valence-corrected chi connectivity index (χ0v) is 10.5. The van der Waals surface area contributed by atoms with Crippen LogP contribution in [0.4, 0.5) is 4.39 Å². The van der Waals surface area contributed by atoms with Crippen molar-refractivity contribution in [2.24, 2.45) is 5.73 Å². The van der Waals surface area contributed by atoms with Crippen molar-refractivity contribution in [3.63, 3.8) is 0 Å². The summed E-state index contributed by atoms with van der Waals surface area (Å²) in [6, 6.07) is 6.64. The van der Waals surface area contributed by atoms with Gasteiger partial charge in [-0.3, -0.25) is 0 Å². The molecule has 0 aliphatic heterocycles. The van der Waals surface area contributed by atoms with Gasteiger partial charge in [-0.25, -0.2) is 4.39 Å². The minimum absolute atomic E-state index is 0.217. The molecule has 0 amide bonds. The Bertz CT molecular complexity index is 440. The lowest BCUT2D eigenvalue weighted by Gasteiger charge is -2.08. The van der Waals surface area contributed by atoms with Gasteiger partial charge in [0.2, 0.25) is 0 Å². The third kappa shape index (κ3) is 2.61. The van der Waals surface area contributed by atoms with E-state index in [1.165, 1.54) is 6.07 Å². The van der Waals surface area contributed by atoms with Crippen molar-refractivity contribution >= 4 is 21.6 Å². The van der Waals surface area contributed by atoms with Crippen molar-refractivity contribution in [1.82, 2.24) is 0 Å². The van der Waals surface area contributed by atoms with Crippen LogP contribution in [0.5, 0.6) is 0 Å². The van der Waals surface area contributed by atoms with E-state index in [-0.39, 0.29) is 11.3 Å². The van der Waals surface area contributed by atoms with Gasteiger partial charge in [0.1, 0.15) is 5.82 Å². The molecule has 0 saturated carbocycles. The summed E-state index contributed by atoms with van der Waals surface area (Å²) < 4.78 is 14.1. The monoisotopic (exact) mass is 282 g/mol. The quantitative estimate of drug-likeness (QED) is 0.862. The van der Waals surface area contributed by atoms with E-state index in [9.17, 15) is 4.39 Å². The van der Waals surface area contributed by atoms with Crippen LogP contribution in [0.2, 0.25) is 0 Å². The molecule has 2 N–H and O–H groups in total. The SMILES string of the molecule is CCC/C(C#N)=C(/N)c1c(F)cccc1Br. The number of nitrogens with two attached hydrogens (primary N) is 1. The first kappa shape index (κ1) is 12.7. The molecular weight excluding hydrogens is 271 g/mol. The molecule has 0 spiro atoms. The molecule has 0 aliphatic rings. The predicted octanol–water partition coefficient (Wildman–Crippen LogP) is 3.58. The van der Waals surface area contributed by atoms with Gasteiger partial charge in [0.05, 0.1) is 17.3 Å². The minimum Gasteiger partial charge on any atom is -0.397 e. The van der Waals surface area contributed by atoms with Crippen LogP contribution in [0, 0.1) is 17.1 Å². The van der Waals surface area contributed by atoms with Crippen molar-refractivity contribution in [3.05, 3.63) is 39.6 Å². The van der Waals surface area contributed by atoms with E-state index in [0.717, 1.165) is 6.42 Å². The summed E-state index contributed by atoms with van der Waals surface area (Å²) >= 11 is 3.23. The molecule has 0 saturated heterocycles. The first-order valence-electron chi connectivity index (χ1n) is 4.94. The molecule has 16 heavy (non-hydrogen) atoms. The van der Waals surface area contributed by atoms with Crippen molar-refractivity contribution in [2.45, 2.75) is 19.8 Å².